The van der Waals surface area contributed by atoms with Crippen LogP contribution in [0.2, 0.25) is 5.02 Å². The van der Waals surface area contributed by atoms with Crippen LogP contribution in [0, 0.1) is 5.41 Å². The minimum atomic E-state index is -0.0626. The maximum Gasteiger partial charge on any atom is 0.138 e. The highest BCUT2D eigenvalue weighted by atomic mass is 35.5. The summed E-state index contributed by atoms with van der Waals surface area (Å²) in [6.45, 7) is 8.28. The number of rotatable bonds is 3. The van der Waals surface area contributed by atoms with Crippen LogP contribution in [0.1, 0.15) is 27.7 Å². The van der Waals surface area contributed by atoms with Crippen LogP contribution in [0.5, 0.6) is 5.75 Å². The number of halogens is 1. The van der Waals surface area contributed by atoms with E-state index in [4.69, 9.17) is 22.1 Å². The van der Waals surface area contributed by atoms with Crippen LogP contribution >= 0.6 is 11.6 Å². The van der Waals surface area contributed by atoms with Crippen molar-refractivity contribution in [3.8, 4) is 5.75 Å². The SMILES string of the molecule is CC(N)C(Oc1ccccc1Cl)C(C)(C)C. The summed E-state index contributed by atoms with van der Waals surface area (Å²) in [6.07, 6.45) is -0.0626. The first-order chi connectivity index (χ1) is 7.32. The van der Waals surface area contributed by atoms with Crippen LogP contribution in [0.3, 0.4) is 0 Å². The van der Waals surface area contributed by atoms with Gasteiger partial charge >= 0.3 is 0 Å². The Balaban J connectivity index is 2.89. The van der Waals surface area contributed by atoms with E-state index in [1.54, 1.807) is 0 Å². The van der Waals surface area contributed by atoms with Crippen molar-refractivity contribution in [2.24, 2.45) is 11.1 Å². The highest BCUT2D eigenvalue weighted by Gasteiger charge is 2.30. The molecule has 0 aromatic heterocycles. The summed E-state index contributed by atoms with van der Waals surface area (Å²) in [5.74, 6) is 0.696. The lowest BCUT2D eigenvalue weighted by molar-refractivity contribution is 0.0685. The largest absolute Gasteiger partial charge is 0.487 e. The molecule has 0 amide bonds. The standard InChI is InChI=1S/C13H20ClNO/c1-9(15)12(13(2,3)4)16-11-8-6-5-7-10(11)14/h5-9,12H,15H2,1-4H3. The van der Waals surface area contributed by atoms with E-state index in [9.17, 15) is 0 Å². The third-order valence-corrected chi connectivity index (χ3v) is 2.73. The first kappa shape index (κ1) is 13.3. The lowest BCUT2D eigenvalue weighted by Crippen LogP contribution is -2.45. The van der Waals surface area contributed by atoms with Gasteiger partial charge in [0.1, 0.15) is 11.9 Å². The monoisotopic (exact) mass is 241 g/mol. The number of hydrogen-bond acceptors (Lipinski definition) is 2. The van der Waals surface area contributed by atoms with E-state index in [1.165, 1.54) is 0 Å². The summed E-state index contributed by atoms with van der Waals surface area (Å²) in [5, 5.41) is 0.623. The van der Waals surface area contributed by atoms with Crippen molar-refractivity contribution < 1.29 is 4.74 Å². The van der Waals surface area contributed by atoms with Crippen molar-refractivity contribution in [3.63, 3.8) is 0 Å². The molecule has 16 heavy (non-hydrogen) atoms. The first-order valence-electron chi connectivity index (χ1n) is 5.49. The third kappa shape index (κ3) is 3.39. The van der Waals surface area contributed by atoms with Crippen molar-refractivity contribution in [1.29, 1.82) is 0 Å². The molecule has 90 valence electrons. The van der Waals surface area contributed by atoms with Crippen LogP contribution < -0.4 is 10.5 Å². The Kier molecular flexibility index (Phi) is 4.22. The summed E-state index contributed by atoms with van der Waals surface area (Å²) in [7, 11) is 0. The van der Waals surface area contributed by atoms with Crippen LogP contribution in [-0.4, -0.2) is 12.1 Å². The second-order valence-corrected chi connectivity index (χ2v) is 5.60. The summed E-state index contributed by atoms with van der Waals surface area (Å²) < 4.78 is 5.91. The molecule has 0 heterocycles. The molecule has 0 bridgehead atoms. The minimum absolute atomic E-state index is 0.0205. The smallest absolute Gasteiger partial charge is 0.138 e. The molecule has 2 atom stereocenters. The fourth-order valence-corrected chi connectivity index (χ4v) is 1.93. The second kappa shape index (κ2) is 5.07. The third-order valence-electron chi connectivity index (χ3n) is 2.42. The molecule has 0 saturated heterocycles. The summed E-state index contributed by atoms with van der Waals surface area (Å²) in [6, 6.07) is 7.42. The zero-order valence-electron chi connectivity index (χ0n) is 10.3. The molecule has 0 aliphatic carbocycles. The van der Waals surface area contributed by atoms with Gasteiger partial charge in [0.25, 0.3) is 0 Å². The molecule has 0 saturated carbocycles. The molecule has 3 heteroatoms. The van der Waals surface area contributed by atoms with Gasteiger partial charge in [0.15, 0.2) is 0 Å². The maximum atomic E-state index is 6.06. The van der Waals surface area contributed by atoms with E-state index in [0.717, 1.165) is 0 Å². The molecule has 2 unspecified atom stereocenters. The molecule has 1 rings (SSSR count). The Labute approximate surface area is 103 Å². The van der Waals surface area contributed by atoms with Gasteiger partial charge in [-0.15, -0.1) is 0 Å². The number of hydrogen-bond donors (Lipinski definition) is 1. The Morgan fingerprint density at radius 2 is 1.81 bits per heavy atom. The number of nitrogens with two attached hydrogens (primary N) is 1. The van der Waals surface area contributed by atoms with Gasteiger partial charge in [0, 0.05) is 11.5 Å². The predicted octanol–water partition coefficient (Wildman–Crippen LogP) is 3.48. The summed E-state index contributed by atoms with van der Waals surface area (Å²) in [4.78, 5) is 0. The van der Waals surface area contributed by atoms with E-state index < -0.39 is 0 Å². The molecule has 0 fully saturated rings. The van der Waals surface area contributed by atoms with Crippen molar-refractivity contribution >= 4 is 11.6 Å². The average Bonchev–Trinajstić information content (AvgIpc) is 2.14. The average molecular weight is 242 g/mol. The molecule has 2 N–H and O–H groups in total. The van der Waals surface area contributed by atoms with Gasteiger partial charge in [-0.1, -0.05) is 44.5 Å². The maximum absolute atomic E-state index is 6.06. The fraction of sp³-hybridized carbons (Fsp3) is 0.538. The van der Waals surface area contributed by atoms with E-state index in [1.807, 2.05) is 31.2 Å². The molecular weight excluding hydrogens is 222 g/mol. The van der Waals surface area contributed by atoms with Gasteiger partial charge < -0.3 is 10.5 Å². The normalized spacial score (nSPS) is 15.6. The topological polar surface area (TPSA) is 35.2 Å². The van der Waals surface area contributed by atoms with Crippen LogP contribution in [-0.2, 0) is 0 Å². The lowest BCUT2D eigenvalue weighted by Gasteiger charge is -2.34. The van der Waals surface area contributed by atoms with Gasteiger partial charge in [0.2, 0.25) is 0 Å². The van der Waals surface area contributed by atoms with E-state index in [0.29, 0.717) is 10.8 Å². The number of benzene rings is 1. The summed E-state index contributed by atoms with van der Waals surface area (Å²) in [5.41, 5.74) is 5.93. The molecule has 0 aliphatic heterocycles. The number of para-hydroxylation sites is 1. The zero-order chi connectivity index (χ0) is 12.3. The molecule has 1 aromatic rings. The summed E-state index contributed by atoms with van der Waals surface area (Å²) >= 11 is 6.06. The molecular formula is C13H20ClNO. The highest BCUT2D eigenvalue weighted by Crippen LogP contribution is 2.30. The predicted molar refractivity (Wildman–Crippen MR) is 69.0 cm³/mol. The quantitative estimate of drug-likeness (QED) is 0.880. The minimum Gasteiger partial charge on any atom is -0.487 e. The number of ether oxygens (including phenoxy) is 1. The van der Waals surface area contributed by atoms with Gasteiger partial charge in [-0.3, -0.25) is 0 Å². The highest BCUT2D eigenvalue weighted by molar-refractivity contribution is 6.32. The Morgan fingerprint density at radius 3 is 2.25 bits per heavy atom. The molecule has 1 aromatic carbocycles. The Morgan fingerprint density at radius 1 is 1.25 bits per heavy atom. The van der Waals surface area contributed by atoms with Crippen molar-refractivity contribution in [3.05, 3.63) is 29.3 Å². The van der Waals surface area contributed by atoms with Gasteiger partial charge in [0.05, 0.1) is 5.02 Å². The van der Waals surface area contributed by atoms with Crippen molar-refractivity contribution in [2.75, 3.05) is 0 Å². The van der Waals surface area contributed by atoms with E-state index in [-0.39, 0.29) is 17.6 Å². The first-order valence-corrected chi connectivity index (χ1v) is 5.87. The van der Waals surface area contributed by atoms with Crippen LogP contribution in [0.15, 0.2) is 24.3 Å². The van der Waals surface area contributed by atoms with E-state index >= 15 is 0 Å². The molecule has 0 radical (unpaired) electrons. The van der Waals surface area contributed by atoms with Gasteiger partial charge in [-0.05, 0) is 19.1 Å². The Hall–Kier alpha value is -0.730. The van der Waals surface area contributed by atoms with Gasteiger partial charge in [-0.2, -0.15) is 0 Å². The van der Waals surface area contributed by atoms with Crippen molar-refractivity contribution in [2.45, 2.75) is 39.8 Å². The fourth-order valence-electron chi connectivity index (χ4n) is 1.75. The van der Waals surface area contributed by atoms with E-state index in [2.05, 4.69) is 20.8 Å². The molecule has 2 nitrogen and oxygen atoms in total. The van der Waals surface area contributed by atoms with Crippen molar-refractivity contribution in [1.82, 2.24) is 0 Å². The molecule has 0 spiro atoms. The van der Waals surface area contributed by atoms with Gasteiger partial charge in [-0.25, -0.2) is 0 Å². The molecule has 0 aliphatic rings. The Bertz CT molecular complexity index is 344. The van der Waals surface area contributed by atoms with Crippen LogP contribution in [0.25, 0.3) is 0 Å². The zero-order valence-corrected chi connectivity index (χ0v) is 11.1. The lowest BCUT2D eigenvalue weighted by atomic mass is 9.85. The second-order valence-electron chi connectivity index (χ2n) is 5.19. The van der Waals surface area contributed by atoms with Crippen LogP contribution in [0.4, 0.5) is 0 Å².